The summed E-state index contributed by atoms with van der Waals surface area (Å²) in [6.07, 6.45) is 3.55. The van der Waals surface area contributed by atoms with Gasteiger partial charge in [-0.2, -0.15) is 5.10 Å². The molecule has 2 aromatic rings. The van der Waals surface area contributed by atoms with Gasteiger partial charge in [-0.1, -0.05) is 30.3 Å². The molecule has 0 aliphatic rings. The number of benzene rings is 1. The van der Waals surface area contributed by atoms with Gasteiger partial charge in [-0.25, -0.2) is 0 Å². The Kier molecular flexibility index (Phi) is 4.52. The van der Waals surface area contributed by atoms with Gasteiger partial charge in [-0.3, -0.25) is 4.68 Å². The lowest BCUT2D eigenvalue weighted by Crippen LogP contribution is -2.39. The molecule has 0 amide bonds. The van der Waals surface area contributed by atoms with Gasteiger partial charge in [0.15, 0.2) is 0 Å². The van der Waals surface area contributed by atoms with Crippen LogP contribution in [0.1, 0.15) is 5.56 Å². The number of hydrogen-bond acceptors (Lipinski definition) is 3. The standard InChI is InChI=1S/C13H16BrN3O/c14-11-7-16-17(8-11)9-13(18)12(15)6-10-4-2-1-3-5-10/h1-5,7-8,12-13,18H,6,9,15H2. The maximum atomic E-state index is 10.0. The van der Waals surface area contributed by atoms with Crippen LogP contribution in [-0.4, -0.2) is 27.0 Å². The molecule has 0 bridgehead atoms. The smallest absolute Gasteiger partial charge is 0.0889 e. The van der Waals surface area contributed by atoms with Gasteiger partial charge in [0.25, 0.3) is 0 Å². The van der Waals surface area contributed by atoms with Crippen LogP contribution >= 0.6 is 15.9 Å². The molecule has 96 valence electrons. The second kappa shape index (κ2) is 6.13. The van der Waals surface area contributed by atoms with Gasteiger partial charge in [0.05, 0.1) is 23.3 Å². The molecule has 2 unspecified atom stereocenters. The average molecular weight is 310 g/mol. The number of aliphatic hydroxyl groups is 1. The fourth-order valence-electron chi connectivity index (χ4n) is 1.79. The Bertz CT molecular complexity index is 486. The van der Waals surface area contributed by atoms with Gasteiger partial charge in [0.2, 0.25) is 0 Å². The zero-order chi connectivity index (χ0) is 13.0. The van der Waals surface area contributed by atoms with Crippen LogP contribution in [0.3, 0.4) is 0 Å². The van der Waals surface area contributed by atoms with Crippen molar-refractivity contribution in [2.24, 2.45) is 5.73 Å². The quantitative estimate of drug-likeness (QED) is 0.881. The van der Waals surface area contributed by atoms with Crippen molar-refractivity contribution >= 4 is 15.9 Å². The molecular formula is C13H16BrN3O. The molecule has 1 aromatic heterocycles. The van der Waals surface area contributed by atoms with Crippen molar-refractivity contribution in [3.05, 3.63) is 52.8 Å². The van der Waals surface area contributed by atoms with Crippen LogP contribution in [0.2, 0.25) is 0 Å². The van der Waals surface area contributed by atoms with E-state index in [1.54, 1.807) is 10.9 Å². The summed E-state index contributed by atoms with van der Waals surface area (Å²) in [5.74, 6) is 0. The van der Waals surface area contributed by atoms with Crippen LogP contribution in [0, 0.1) is 0 Å². The first-order chi connectivity index (χ1) is 8.65. The lowest BCUT2D eigenvalue weighted by Gasteiger charge is -2.18. The van der Waals surface area contributed by atoms with E-state index in [9.17, 15) is 5.11 Å². The molecule has 1 heterocycles. The predicted octanol–water partition coefficient (Wildman–Crippen LogP) is 1.58. The number of halogens is 1. The topological polar surface area (TPSA) is 64.1 Å². The summed E-state index contributed by atoms with van der Waals surface area (Å²) < 4.78 is 2.57. The molecule has 2 atom stereocenters. The number of hydrogen-bond donors (Lipinski definition) is 2. The van der Waals surface area contributed by atoms with Gasteiger partial charge in [-0.05, 0) is 27.9 Å². The maximum Gasteiger partial charge on any atom is 0.0889 e. The Morgan fingerprint density at radius 1 is 1.33 bits per heavy atom. The molecular weight excluding hydrogens is 294 g/mol. The van der Waals surface area contributed by atoms with E-state index in [4.69, 9.17) is 5.73 Å². The molecule has 3 N–H and O–H groups in total. The fraction of sp³-hybridized carbons (Fsp3) is 0.308. The van der Waals surface area contributed by atoms with Crippen LogP contribution in [0.5, 0.6) is 0 Å². The number of nitrogens with zero attached hydrogens (tertiary/aromatic N) is 2. The molecule has 0 spiro atoms. The fourth-order valence-corrected chi connectivity index (χ4v) is 2.12. The Morgan fingerprint density at radius 2 is 2.06 bits per heavy atom. The van der Waals surface area contributed by atoms with E-state index in [1.165, 1.54) is 0 Å². The van der Waals surface area contributed by atoms with Crippen molar-refractivity contribution in [2.45, 2.75) is 25.1 Å². The Morgan fingerprint density at radius 3 is 2.67 bits per heavy atom. The summed E-state index contributed by atoms with van der Waals surface area (Å²) in [5.41, 5.74) is 7.13. The number of rotatable bonds is 5. The first-order valence-corrected chi connectivity index (χ1v) is 6.60. The third-order valence-corrected chi connectivity index (χ3v) is 3.19. The van der Waals surface area contributed by atoms with E-state index in [0.29, 0.717) is 13.0 Å². The summed E-state index contributed by atoms with van der Waals surface area (Å²) in [7, 11) is 0. The third kappa shape index (κ3) is 3.66. The largest absolute Gasteiger partial charge is 0.390 e. The van der Waals surface area contributed by atoms with E-state index in [-0.39, 0.29) is 6.04 Å². The van der Waals surface area contributed by atoms with Crippen LogP contribution in [0.4, 0.5) is 0 Å². The van der Waals surface area contributed by atoms with Gasteiger partial charge in [0, 0.05) is 12.2 Å². The minimum Gasteiger partial charge on any atom is -0.390 e. The summed E-state index contributed by atoms with van der Waals surface area (Å²) in [5, 5.41) is 14.1. The van der Waals surface area contributed by atoms with E-state index in [1.807, 2.05) is 36.5 Å². The molecule has 5 heteroatoms. The summed E-state index contributed by atoms with van der Waals surface area (Å²) in [6.45, 7) is 0.402. The normalized spacial score (nSPS) is 14.4. The van der Waals surface area contributed by atoms with Crippen LogP contribution < -0.4 is 5.73 Å². The molecule has 4 nitrogen and oxygen atoms in total. The van der Waals surface area contributed by atoms with Gasteiger partial charge < -0.3 is 10.8 Å². The zero-order valence-electron chi connectivity index (χ0n) is 9.91. The zero-order valence-corrected chi connectivity index (χ0v) is 11.5. The van der Waals surface area contributed by atoms with Gasteiger partial charge in [0.1, 0.15) is 0 Å². The van der Waals surface area contributed by atoms with E-state index in [0.717, 1.165) is 10.0 Å². The monoisotopic (exact) mass is 309 g/mol. The maximum absolute atomic E-state index is 10.0. The molecule has 0 aliphatic carbocycles. The molecule has 1 aromatic carbocycles. The summed E-state index contributed by atoms with van der Waals surface area (Å²) >= 11 is 3.32. The Balaban J connectivity index is 1.90. The Labute approximate surface area is 115 Å². The minimum absolute atomic E-state index is 0.296. The number of aromatic nitrogens is 2. The first-order valence-electron chi connectivity index (χ1n) is 5.80. The van der Waals surface area contributed by atoms with Crippen molar-refractivity contribution < 1.29 is 5.11 Å². The molecule has 0 saturated heterocycles. The minimum atomic E-state index is -0.614. The highest BCUT2D eigenvalue weighted by molar-refractivity contribution is 9.10. The summed E-state index contributed by atoms with van der Waals surface area (Å²) in [4.78, 5) is 0. The van der Waals surface area contributed by atoms with E-state index >= 15 is 0 Å². The highest BCUT2D eigenvalue weighted by Gasteiger charge is 2.16. The summed E-state index contributed by atoms with van der Waals surface area (Å²) in [6, 6.07) is 9.63. The average Bonchev–Trinajstić information content (AvgIpc) is 2.76. The van der Waals surface area contributed by atoms with Gasteiger partial charge >= 0.3 is 0 Å². The van der Waals surface area contributed by atoms with Crippen molar-refractivity contribution in [3.8, 4) is 0 Å². The number of nitrogens with two attached hydrogens (primary N) is 1. The first kappa shape index (κ1) is 13.3. The molecule has 0 aliphatic heterocycles. The van der Waals surface area contributed by atoms with Crippen LogP contribution in [0.15, 0.2) is 47.2 Å². The van der Waals surface area contributed by atoms with E-state index in [2.05, 4.69) is 21.0 Å². The molecule has 0 fully saturated rings. The highest BCUT2D eigenvalue weighted by atomic mass is 79.9. The lowest BCUT2D eigenvalue weighted by atomic mass is 10.0. The predicted molar refractivity (Wildman–Crippen MR) is 74.1 cm³/mol. The SMILES string of the molecule is NC(Cc1ccccc1)C(O)Cn1cc(Br)cn1. The third-order valence-electron chi connectivity index (χ3n) is 2.78. The molecule has 0 saturated carbocycles. The van der Waals surface area contributed by atoms with Crippen molar-refractivity contribution in [3.63, 3.8) is 0 Å². The van der Waals surface area contributed by atoms with Crippen molar-refractivity contribution in [1.29, 1.82) is 0 Å². The second-order valence-electron chi connectivity index (χ2n) is 4.30. The van der Waals surface area contributed by atoms with Crippen LogP contribution in [0.25, 0.3) is 0 Å². The Hall–Kier alpha value is -1.17. The van der Waals surface area contributed by atoms with Gasteiger partial charge in [-0.15, -0.1) is 0 Å². The highest BCUT2D eigenvalue weighted by Crippen LogP contribution is 2.09. The van der Waals surface area contributed by atoms with Crippen molar-refractivity contribution in [1.82, 2.24) is 9.78 Å². The molecule has 2 rings (SSSR count). The number of aliphatic hydroxyl groups excluding tert-OH is 1. The lowest BCUT2D eigenvalue weighted by molar-refractivity contribution is 0.121. The van der Waals surface area contributed by atoms with Crippen LogP contribution in [-0.2, 0) is 13.0 Å². The second-order valence-corrected chi connectivity index (χ2v) is 5.22. The molecule has 18 heavy (non-hydrogen) atoms. The van der Waals surface area contributed by atoms with Crippen molar-refractivity contribution in [2.75, 3.05) is 0 Å². The molecule has 0 radical (unpaired) electrons. The van der Waals surface area contributed by atoms with E-state index < -0.39 is 6.10 Å².